The normalized spacial score (nSPS) is 15.7. The third-order valence-electron chi connectivity index (χ3n) is 6.61. The van der Waals surface area contributed by atoms with E-state index in [9.17, 15) is 14.3 Å². The molecule has 1 amide bonds. The third-order valence-corrected chi connectivity index (χ3v) is 6.86. The highest BCUT2D eigenvalue weighted by Gasteiger charge is 2.35. The van der Waals surface area contributed by atoms with Crippen molar-refractivity contribution in [1.82, 2.24) is 4.90 Å². The molecule has 0 unspecified atom stereocenters. The summed E-state index contributed by atoms with van der Waals surface area (Å²) < 4.78 is 19.1. The first-order valence-corrected chi connectivity index (χ1v) is 12.1. The van der Waals surface area contributed by atoms with Gasteiger partial charge in [0.1, 0.15) is 0 Å². The molecule has 4 nitrogen and oxygen atoms in total. The van der Waals surface area contributed by atoms with Crippen LogP contribution < -0.4 is 4.74 Å². The Morgan fingerprint density at radius 1 is 1.09 bits per heavy atom. The number of allylic oxidation sites excluding steroid dienone is 1. The maximum absolute atomic E-state index is 14.1. The third kappa shape index (κ3) is 6.11. The van der Waals surface area contributed by atoms with Crippen LogP contribution in [0.25, 0.3) is 5.57 Å². The molecule has 0 radical (unpaired) electrons. The van der Waals surface area contributed by atoms with E-state index < -0.39 is 11.4 Å². The van der Waals surface area contributed by atoms with Gasteiger partial charge in [-0.1, -0.05) is 66.2 Å². The lowest BCUT2D eigenvalue weighted by Gasteiger charge is -2.38. The van der Waals surface area contributed by atoms with Gasteiger partial charge in [0.05, 0.1) is 19.1 Å². The van der Waals surface area contributed by atoms with Crippen molar-refractivity contribution >= 4 is 23.1 Å². The van der Waals surface area contributed by atoms with E-state index >= 15 is 0 Å². The van der Waals surface area contributed by atoms with Gasteiger partial charge < -0.3 is 14.7 Å². The molecule has 1 aliphatic rings. The lowest BCUT2D eigenvalue weighted by atomic mass is 9.84. The molecule has 0 aliphatic carbocycles. The quantitative estimate of drug-likeness (QED) is 0.438. The molecular weight excluding hydrogens is 465 g/mol. The number of carbonyl (C=O) groups is 1. The van der Waals surface area contributed by atoms with Crippen LogP contribution in [-0.4, -0.2) is 36.1 Å². The Morgan fingerprint density at radius 3 is 2.40 bits per heavy atom. The van der Waals surface area contributed by atoms with Crippen molar-refractivity contribution in [2.24, 2.45) is 0 Å². The van der Waals surface area contributed by atoms with Crippen molar-refractivity contribution < 1.29 is 19.0 Å². The summed E-state index contributed by atoms with van der Waals surface area (Å²) >= 11 is 6.07. The minimum Gasteiger partial charge on any atom is -0.494 e. The molecule has 3 aromatic rings. The summed E-state index contributed by atoms with van der Waals surface area (Å²) in [6.45, 7) is 0.976. The van der Waals surface area contributed by atoms with Gasteiger partial charge in [-0.2, -0.15) is 0 Å². The number of benzene rings is 3. The zero-order valence-corrected chi connectivity index (χ0v) is 20.5. The SMILES string of the molecule is COc1ccc(C/C=C(/CC(=O)N2CCC(O)(c3ccccc3)CC2)c2ccc(Cl)cc2)cc1F. The molecule has 1 saturated heterocycles. The van der Waals surface area contributed by atoms with Crippen molar-refractivity contribution in [3.05, 3.63) is 106 Å². The summed E-state index contributed by atoms with van der Waals surface area (Å²) in [6.07, 6.45) is 3.64. The molecular formula is C29H29ClFNO3. The molecule has 1 fully saturated rings. The summed E-state index contributed by atoms with van der Waals surface area (Å²) in [5.41, 5.74) is 2.51. The molecule has 4 rings (SSSR count). The van der Waals surface area contributed by atoms with Gasteiger partial charge in [-0.05, 0) is 65.8 Å². The second-order valence-electron chi connectivity index (χ2n) is 8.86. The molecule has 0 aromatic heterocycles. The van der Waals surface area contributed by atoms with Crippen molar-refractivity contribution in [3.63, 3.8) is 0 Å². The van der Waals surface area contributed by atoms with Crippen molar-refractivity contribution in [1.29, 1.82) is 0 Å². The number of likely N-dealkylation sites (tertiary alicyclic amines) is 1. The van der Waals surface area contributed by atoms with E-state index in [1.165, 1.54) is 13.2 Å². The molecule has 1 N–H and O–H groups in total. The number of nitrogens with zero attached hydrogens (tertiary/aromatic N) is 1. The maximum Gasteiger partial charge on any atom is 0.227 e. The Hall–Kier alpha value is -3.15. The van der Waals surface area contributed by atoms with Crippen LogP contribution >= 0.6 is 11.6 Å². The van der Waals surface area contributed by atoms with Crippen LogP contribution in [0.3, 0.4) is 0 Å². The van der Waals surface area contributed by atoms with E-state index in [0.717, 1.165) is 22.3 Å². The zero-order chi connectivity index (χ0) is 24.8. The molecule has 1 heterocycles. The molecule has 6 heteroatoms. The second-order valence-corrected chi connectivity index (χ2v) is 9.30. The van der Waals surface area contributed by atoms with Crippen molar-refractivity contribution in [2.75, 3.05) is 20.2 Å². The molecule has 3 aromatic carbocycles. The number of hydrogen-bond donors (Lipinski definition) is 1. The summed E-state index contributed by atoms with van der Waals surface area (Å²) in [6, 6.07) is 21.9. The van der Waals surface area contributed by atoms with Crippen molar-refractivity contribution in [3.8, 4) is 5.75 Å². The first kappa shape index (κ1) is 25.0. The minimum atomic E-state index is -0.911. The number of carbonyl (C=O) groups excluding carboxylic acids is 1. The fourth-order valence-corrected chi connectivity index (χ4v) is 4.60. The minimum absolute atomic E-state index is 0.00206. The van der Waals surface area contributed by atoms with Crippen LogP contribution in [0.5, 0.6) is 5.75 Å². The monoisotopic (exact) mass is 493 g/mol. The highest BCUT2D eigenvalue weighted by molar-refractivity contribution is 6.30. The topological polar surface area (TPSA) is 49.8 Å². The van der Waals surface area contributed by atoms with Crippen LogP contribution in [-0.2, 0) is 16.8 Å². The number of aliphatic hydroxyl groups is 1. The van der Waals surface area contributed by atoms with Crippen molar-refractivity contribution in [2.45, 2.75) is 31.3 Å². The molecule has 0 saturated carbocycles. The largest absolute Gasteiger partial charge is 0.494 e. The number of halogens is 2. The maximum atomic E-state index is 14.1. The van der Waals surface area contributed by atoms with Gasteiger partial charge >= 0.3 is 0 Å². The molecule has 35 heavy (non-hydrogen) atoms. The Morgan fingerprint density at radius 2 is 1.77 bits per heavy atom. The number of piperidine rings is 1. The molecule has 1 aliphatic heterocycles. The average Bonchev–Trinajstić information content (AvgIpc) is 2.88. The summed E-state index contributed by atoms with van der Waals surface area (Å²) in [4.78, 5) is 15.1. The molecule has 0 atom stereocenters. The predicted octanol–water partition coefficient (Wildman–Crippen LogP) is 6.01. The molecule has 0 bridgehead atoms. The zero-order valence-electron chi connectivity index (χ0n) is 19.7. The van der Waals surface area contributed by atoms with E-state index in [1.807, 2.05) is 59.5 Å². The van der Waals surface area contributed by atoms with Gasteiger partial charge in [0.25, 0.3) is 0 Å². The van der Waals surface area contributed by atoms with Crippen LogP contribution in [0.15, 0.2) is 78.9 Å². The Labute approximate surface area is 210 Å². The first-order valence-electron chi connectivity index (χ1n) is 11.7. The summed E-state index contributed by atoms with van der Waals surface area (Å²) in [5, 5.41) is 11.7. The van der Waals surface area contributed by atoms with Crippen LogP contribution in [0.2, 0.25) is 5.02 Å². The van der Waals surface area contributed by atoms with Gasteiger partial charge in [0, 0.05) is 18.1 Å². The van der Waals surface area contributed by atoms with E-state index in [4.69, 9.17) is 16.3 Å². The van der Waals surface area contributed by atoms with Gasteiger partial charge in [-0.3, -0.25) is 4.79 Å². The van der Waals surface area contributed by atoms with E-state index in [2.05, 4.69) is 0 Å². The van der Waals surface area contributed by atoms with Crippen LogP contribution in [0, 0.1) is 5.82 Å². The second kappa shape index (κ2) is 11.1. The van der Waals surface area contributed by atoms with E-state index in [0.29, 0.717) is 37.4 Å². The Kier molecular flexibility index (Phi) is 7.89. The summed E-state index contributed by atoms with van der Waals surface area (Å²) in [5.74, 6) is -0.213. The van der Waals surface area contributed by atoms with Gasteiger partial charge in [-0.25, -0.2) is 4.39 Å². The van der Waals surface area contributed by atoms with Gasteiger partial charge in [-0.15, -0.1) is 0 Å². The summed E-state index contributed by atoms with van der Waals surface area (Å²) in [7, 11) is 1.43. The number of rotatable bonds is 7. The van der Waals surface area contributed by atoms with E-state index in [-0.39, 0.29) is 18.1 Å². The fourth-order valence-electron chi connectivity index (χ4n) is 4.47. The standard InChI is InChI=1S/C29H29ClFNO3/c1-35-27-14-8-21(19-26(27)31)7-9-23(22-10-12-25(30)13-11-22)20-28(33)32-17-15-29(34,16-18-32)24-5-3-2-4-6-24/h2-6,8-14,19,34H,7,15-18,20H2,1H3/b23-9-. The van der Waals surface area contributed by atoms with Crippen LogP contribution in [0.4, 0.5) is 4.39 Å². The van der Waals surface area contributed by atoms with Gasteiger partial charge in [0.15, 0.2) is 11.6 Å². The Balaban J connectivity index is 1.48. The predicted molar refractivity (Wildman–Crippen MR) is 137 cm³/mol. The molecule has 0 spiro atoms. The smallest absolute Gasteiger partial charge is 0.227 e. The first-order chi connectivity index (χ1) is 16.9. The lowest BCUT2D eigenvalue weighted by molar-refractivity contribution is -0.134. The van der Waals surface area contributed by atoms with Gasteiger partial charge in [0.2, 0.25) is 5.91 Å². The fraction of sp³-hybridized carbons (Fsp3) is 0.276. The highest BCUT2D eigenvalue weighted by atomic mass is 35.5. The van der Waals surface area contributed by atoms with E-state index in [1.54, 1.807) is 18.2 Å². The highest BCUT2D eigenvalue weighted by Crippen LogP contribution is 2.33. The molecule has 182 valence electrons. The lowest BCUT2D eigenvalue weighted by Crippen LogP contribution is -2.45. The number of methoxy groups -OCH3 is 1. The average molecular weight is 494 g/mol. The number of hydrogen-bond acceptors (Lipinski definition) is 3. The number of ether oxygens (including phenoxy) is 1. The number of amides is 1. The Bertz CT molecular complexity index is 1190. The van der Waals surface area contributed by atoms with Crippen LogP contribution in [0.1, 0.15) is 36.0 Å².